The summed E-state index contributed by atoms with van der Waals surface area (Å²) in [4.78, 5) is 12.6. The molecule has 1 N–H and O–H groups in total. The quantitative estimate of drug-likeness (QED) is 0.944. The number of amides is 1. The molecule has 0 fully saturated rings. The van der Waals surface area contributed by atoms with E-state index in [2.05, 4.69) is 23.5 Å². The Balaban J connectivity index is 1.38. The van der Waals surface area contributed by atoms with Gasteiger partial charge in [-0.2, -0.15) is 0 Å². The topological polar surface area (TPSA) is 47.6 Å². The number of carbonyl (C=O) groups is 1. The molecule has 2 heterocycles. The number of nitrogens with one attached hydrogen (secondary N) is 1. The monoisotopic (exact) mass is 323 g/mol. The standard InChI is InChI=1S/C20H21NO3/c22-20(19-18-8-4-3-5-14(18)9-10-23-19)21-12-17-11-15-6-1-2-7-16(15)13-24-17/h1-8,17,19H,9-13H2,(H,21,22). The van der Waals surface area contributed by atoms with Crippen LogP contribution in [-0.2, 0) is 33.7 Å². The van der Waals surface area contributed by atoms with Crippen molar-refractivity contribution in [1.82, 2.24) is 5.32 Å². The molecular formula is C20H21NO3. The van der Waals surface area contributed by atoms with Gasteiger partial charge in [-0.15, -0.1) is 0 Å². The van der Waals surface area contributed by atoms with Crippen LogP contribution in [0.25, 0.3) is 0 Å². The fourth-order valence-corrected chi connectivity index (χ4v) is 3.46. The van der Waals surface area contributed by atoms with Crippen molar-refractivity contribution in [3.05, 3.63) is 70.8 Å². The minimum absolute atomic E-state index is 0.0164. The molecule has 124 valence electrons. The van der Waals surface area contributed by atoms with E-state index in [1.807, 2.05) is 30.3 Å². The van der Waals surface area contributed by atoms with Gasteiger partial charge in [0.25, 0.3) is 5.91 Å². The number of hydrogen-bond acceptors (Lipinski definition) is 3. The van der Waals surface area contributed by atoms with Gasteiger partial charge in [0.2, 0.25) is 0 Å². The second-order valence-electron chi connectivity index (χ2n) is 6.35. The summed E-state index contributed by atoms with van der Waals surface area (Å²) in [6.45, 7) is 1.71. The molecule has 1 amide bonds. The summed E-state index contributed by atoms with van der Waals surface area (Å²) in [5.41, 5.74) is 4.73. The lowest BCUT2D eigenvalue weighted by Crippen LogP contribution is -2.40. The Morgan fingerprint density at radius 3 is 2.62 bits per heavy atom. The molecule has 0 saturated heterocycles. The maximum absolute atomic E-state index is 12.6. The van der Waals surface area contributed by atoms with Crippen molar-refractivity contribution >= 4 is 5.91 Å². The van der Waals surface area contributed by atoms with Crippen LogP contribution in [0, 0.1) is 0 Å². The van der Waals surface area contributed by atoms with Crippen LogP contribution in [0.15, 0.2) is 48.5 Å². The Morgan fingerprint density at radius 2 is 1.75 bits per heavy atom. The SMILES string of the molecule is O=C(NCC1Cc2ccccc2CO1)C1OCCc2ccccc21. The van der Waals surface area contributed by atoms with Crippen molar-refractivity contribution < 1.29 is 14.3 Å². The fourth-order valence-electron chi connectivity index (χ4n) is 3.46. The van der Waals surface area contributed by atoms with Crippen LogP contribution < -0.4 is 5.32 Å². The van der Waals surface area contributed by atoms with Gasteiger partial charge in [0.1, 0.15) is 0 Å². The first-order valence-electron chi connectivity index (χ1n) is 8.47. The van der Waals surface area contributed by atoms with E-state index < -0.39 is 6.10 Å². The van der Waals surface area contributed by atoms with Crippen molar-refractivity contribution in [2.75, 3.05) is 13.2 Å². The summed E-state index contributed by atoms with van der Waals surface area (Å²) < 4.78 is 11.6. The van der Waals surface area contributed by atoms with E-state index in [9.17, 15) is 4.79 Å². The highest BCUT2D eigenvalue weighted by molar-refractivity contribution is 5.82. The second-order valence-corrected chi connectivity index (χ2v) is 6.35. The lowest BCUT2D eigenvalue weighted by Gasteiger charge is -2.28. The molecule has 2 aliphatic heterocycles. The summed E-state index contributed by atoms with van der Waals surface area (Å²) in [5.74, 6) is -0.0791. The van der Waals surface area contributed by atoms with Crippen molar-refractivity contribution in [2.24, 2.45) is 0 Å². The van der Waals surface area contributed by atoms with Crippen LogP contribution in [0.1, 0.15) is 28.4 Å². The first kappa shape index (κ1) is 15.4. The number of benzene rings is 2. The molecule has 2 atom stereocenters. The summed E-state index contributed by atoms with van der Waals surface area (Å²) in [6.07, 6.45) is 1.20. The molecular weight excluding hydrogens is 302 g/mol. The number of fused-ring (bicyclic) bond motifs is 2. The van der Waals surface area contributed by atoms with Crippen LogP contribution in [0.4, 0.5) is 0 Å². The molecule has 4 nitrogen and oxygen atoms in total. The van der Waals surface area contributed by atoms with Crippen LogP contribution in [0.3, 0.4) is 0 Å². The van der Waals surface area contributed by atoms with E-state index >= 15 is 0 Å². The number of ether oxygens (including phenoxy) is 2. The van der Waals surface area contributed by atoms with Crippen LogP contribution in [-0.4, -0.2) is 25.2 Å². The van der Waals surface area contributed by atoms with Crippen LogP contribution in [0.2, 0.25) is 0 Å². The molecule has 2 aromatic rings. The van der Waals surface area contributed by atoms with Crippen molar-refractivity contribution in [3.8, 4) is 0 Å². The first-order valence-corrected chi connectivity index (χ1v) is 8.47. The zero-order chi connectivity index (χ0) is 16.4. The van der Waals surface area contributed by atoms with Crippen LogP contribution in [0.5, 0.6) is 0 Å². The van der Waals surface area contributed by atoms with E-state index in [1.54, 1.807) is 0 Å². The Kier molecular flexibility index (Phi) is 4.32. The third kappa shape index (κ3) is 3.07. The van der Waals surface area contributed by atoms with Crippen molar-refractivity contribution in [2.45, 2.75) is 31.7 Å². The van der Waals surface area contributed by atoms with Gasteiger partial charge >= 0.3 is 0 Å². The Hall–Kier alpha value is -2.17. The lowest BCUT2D eigenvalue weighted by atomic mass is 9.97. The third-order valence-electron chi connectivity index (χ3n) is 4.78. The Morgan fingerprint density at radius 1 is 1.00 bits per heavy atom. The predicted molar refractivity (Wildman–Crippen MR) is 90.6 cm³/mol. The number of rotatable bonds is 3. The highest BCUT2D eigenvalue weighted by Crippen LogP contribution is 2.27. The van der Waals surface area contributed by atoms with E-state index in [0.717, 1.165) is 18.4 Å². The molecule has 4 heteroatoms. The number of hydrogen-bond donors (Lipinski definition) is 1. The molecule has 4 rings (SSSR count). The predicted octanol–water partition coefficient (Wildman–Crippen LogP) is 2.56. The van der Waals surface area contributed by atoms with E-state index in [1.165, 1.54) is 16.7 Å². The maximum Gasteiger partial charge on any atom is 0.253 e. The lowest BCUT2D eigenvalue weighted by molar-refractivity contribution is -0.134. The molecule has 2 unspecified atom stereocenters. The van der Waals surface area contributed by atoms with Gasteiger partial charge in [0.15, 0.2) is 6.10 Å². The molecule has 24 heavy (non-hydrogen) atoms. The summed E-state index contributed by atoms with van der Waals surface area (Å²) in [5, 5.41) is 3.00. The van der Waals surface area contributed by atoms with Gasteiger partial charge in [-0.05, 0) is 28.7 Å². The zero-order valence-corrected chi connectivity index (χ0v) is 13.5. The normalized spacial score (nSPS) is 22.3. The molecule has 2 aliphatic rings. The molecule has 0 spiro atoms. The average molecular weight is 323 g/mol. The van der Waals surface area contributed by atoms with Gasteiger partial charge in [-0.1, -0.05) is 48.5 Å². The Labute approximate surface area is 141 Å². The molecule has 0 radical (unpaired) electrons. The largest absolute Gasteiger partial charge is 0.371 e. The summed E-state index contributed by atoms with van der Waals surface area (Å²) in [7, 11) is 0. The minimum Gasteiger partial charge on any atom is -0.371 e. The van der Waals surface area contributed by atoms with Crippen molar-refractivity contribution in [1.29, 1.82) is 0 Å². The summed E-state index contributed by atoms with van der Waals surface area (Å²) >= 11 is 0. The third-order valence-corrected chi connectivity index (χ3v) is 4.78. The molecule has 0 aliphatic carbocycles. The Bertz CT molecular complexity index is 743. The highest BCUT2D eigenvalue weighted by atomic mass is 16.5. The molecule has 0 aromatic heterocycles. The van der Waals surface area contributed by atoms with Gasteiger partial charge in [0.05, 0.1) is 19.3 Å². The number of carbonyl (C=O) groups excluding carboxylic acids is 1. The fraction of sp³-hybridized carbons (Fsp3) is 0.350. The van der Waals surface area contributed by atoms with Crippen molar-refractivity contribution in [3.63, 3.8) is 0 Å². The van der Waals surface area contributed by atoms with E-state index in [0.29, 0.717) is 19.8 Å². The van der Waals surface area contributed by atoms with Gasteiger partial charge < -0.3 is 14.8 Å². The summed E-state index contributed by atoms with van der Waals surface area (Å²) in [6, 6.07) is 16.3. The van der Waals surface area contributed by atoms with Crippen LogP contribution >= 0.6 is 0 Å². The van der Waals surface area contributed by atoms with E-state index in [4.69, 9.17) is 9.47 Å². The smallest absolute Gasteiger partial charge is 0.253 e. The maximum atomic E-state index is 12.6. The molecule has 0 bridgehead atoms. The molecule has 2 aromatic carbocycles. The average Bonchev–Trinajstić information content (AvgIpc) is 2.65. The zero-order valence-electron chi connectivity index (χ0n) is 13.5. The van der Waals surface area contributed by atoms with Gasteiger partial charge in [-0.3, -0.25) is 4.79 Å². The molecule has 0 saturated carbocycles. The second kappa shape index (κ2) is 6.75. The highest BCUT2D eigenvalue weighted by Gasteiger charge is 2.28. The van der Waals surface area contributed by atoms with Gasteiger partial charge in [0, 0.05) is 13.0 Å². The first-order chi connectivity index (χ1) is 11.8. The van der Waals surface area contributed by atoms with E-state index in [-0.39, 0.29) is 12.0 Å². The minimum atomic E-state index is -0.508. The van der Waals surface area contributed by atoms with Gasteiger partial charge in [-0.25, -0.2) is 0 Å².